The van der Waals surface area contributed by atoms with E-state index in [4.69, 9.17) is 0 Å². The Labute approximate surface area is 105 Å². The predicted octanol–water partition coefficient (Wildman–Crippen LogP) is 2.53. The Kier molecular flexibility index (Phi) is 3.69. The second-order valence-corrected chi connectivity index (χ2v) is 7.31. The standard InChI is InChI=1S/C11H18N2OS2/c1-11(2,3)13-16-10-12-8-6-7(14)4-5-9(8)15-10/h5,7-8,13-14H,4,6H2,1-3H3. The molecule has 0 saturated heterocycles. The molecule has 2 N–H and O–H groups in total. The van der Waals surface area contributed by atoms with E-state index in [-0.39, 0.29) is 17.7 Å². The van der Waals surface area contributed by atoms with Crippen LogP contribution < -0.4 is 4.72 Å². The van der Waals surface area contributed by atoms with Crippen LogP contribution in [0.5, 0.6) is 0 Å². The van der Waals surface area contributed by atoms with Crippen LogP contribution in [0, 0.1) is 0 Å². The number of nitrogens with zero attached hydrogens (tertiary/aromatic N) is 1. The average Bonchev–Trinajstić information content (AvgIpc) is 2.55. The van der Waals surface area contributed by atoms with E-state index in [0.29, 0.717) is 0 Å². The number of hydrogen-bond donors (Lipinski definition) is 2. The van der Waals surface area contributed by atoms with Crippen molar-refractivity contribution in [3.05, 3.63) is 11.0 Å². The first-order chi connectivity index (χ1) is 7.44. The smallest absolute Gasteiger partial charge is 0.144 e. The summed E-state index contributed by atoms with van der Waals surface area (Å²) in [7, 11) is 0. The maximum Gasteiger partial charge on any atom is 0.144 e. The molecule has 3 nitrogen and oxygen atoms in total. The lowest BCUT2D eigenvalue weighted by Gasteiger charge is -2.18. The monoisotopic (exact) mass is 258 g/mol. The highest BCUT2D eigenvalue weighted by atomic mass is 32.2. The van der Waals surface area contributed by atoms with Crippen LogP contribution in [0.15, 0.2) is 16.0 Å². The summed E-state index contributed by atoms with van der Waals surface area (Å²) in [6.07, 6.45) is 3.47. The number of aliphatic hydroxyl groups excluding tert-OH is 1. The summed E-state index contributed by atoms with van der Waals surface area (Å²) in [6.45, 7) is 6.41. The van der Waals surface area contributed by atoms with Crippen LogP contribution in [0.4, 0.5) is 0 Å². The zero-order valence-corrected chi connectivity index (χ0v) is 11.5. The molecule has 1 heterocycles. The van der Waals surface area contributed by atoms with Gasteiger partial charge in [0.15, 0.2) is 0 Å². The molecule has 0 fully saturated rings. The van der Waals surface area contributed by atoms with E-state index in [1.165, 1.54) is 4.91 Å². The number of rotatable bonds is 1. The Bertz CT molecular complexity index is 333. The summed E-state index contributed by atoms with van der Waals surface area (Å²) in [6, 6.07) is 0.206. The van der Waals surface area contributed by atoms with E-state index in [1.54, 1.807) is 23.7 Å². The maximum absolute atomic E-state index is 9.56. The van der Waals surface area contributed by atoms with Gasteiger partial charge in [0.25, 0.3) is 0 Å². The van der Waals surface area contributed by atoms with Gasteiger partial charge in [0.2, 0.25) is 0 Å². The van der Waals surface area contributed by atoms with Crippen LogP contribution in [0.25, 0.3) is 0 Å². The molecule has 1 aliphatic heterocycles. The van der Waals surface area contributed by atoms with Crippen LogP contribution in [0.3, 0.4) is 0 Å². The van der Waals surface area contributed by atoms with Crippen molar-refractivity contribution in [2.24, 2.45) is 4.99 Å². The van der Waals surface area contributed by atoms with Crippen LogP contribution in [-0.4, -0.2) is 27.2 Å². The number of aliphatic imine (C=N–C) groups is 1. The molecule has 0 amide bonds. The van der Waals surface area contributed by atoms with Crippen molar-refractivity contribution < 1.29 is 5.11 Å². The summed E-state index contributed by atoms with van der Waals surface area (Å²) in [5.41, 5.74) is 0.0927. The zero-order valence-electron chi connectivity index (χ0n) is 9.86. The summed E-state index contributed by atoms with van der Waals surface area (Å²) < 4.78 is 4.43. The normalized spacial score (nSPS) is 29.8. The number of hydrogen-bond acceptors (Lipinski definition) is 5. The molecule has 0 aromatic carbocycles. The fraction of sp³-hybridized carbons (Fsp3) is 0.727. The fourth-order valence-electron chi connectivity index (χ4n) is 1.58. The molecule has 0 aromatic rings. The van der Waals surface area contributed by atoms with Crippen LogP contribution in [-0.2, 0) is 0 Å². The van der Waals surface area contributed by atoms with Gasteiger partial charge in [0.1, 0.15) is 4.38 Å². The molecule has 2 aliphatic rings. The van der Waals surface area contributed by atoms with Gasteiger partial charge in [0.05, 0.1) is 12.1 Å². The van der Waals surface area contributed by atoms with Gasteiger partial charge < -0.3 is 5.11 Å². The third kappa shape index (κ3) is 3.26. The Morgan fingerprint density at radius 1 is 1.56 bits per heavy atom. The average molecular weight is 258 g/mol. The van der Waals surface area contributed by atoms with E-state index in [0.717, 1.165) is 17.2 Å². The van der Waals surface area contributed by atoms with Gasteiger partial charge in [-0.05, 0) is 39.1 Å². The molecule has 90 valence electrons. The molecule has 0 aromatic heterocycles. The molecule has 0 bridgehead atoms. The molecule has 2 atom stereocenters. The Morgan fingerprint density at radius 3 is 3.00 bits per heavy atom. The van der Waals surface area contributed by atoms with E-state index in [1.807, 2.05) is 0 Å². The second kappa shape index (κ2) is 4.72. The third-order valence-electron chi connectivity index (χ3n) is 2.33. The molecule has 1 aliphatic carbocycles. The van der Waals surface area contributed by atoms with Crippen LogP contribution >= 0.6 is 23.7 Å². The van der Waals surface area contributed by atoms with Gasteiger partial charge >= 0.3 is 0 Å². The Hall–Kier alpha value is 0.0300. The lowest BCUT2D eigenvalue weighted by Crippen LogP contribution is -2.30. The summed E-state index contributed by atoms with van der Waals surface area (Å²) in [5.74, 6) is 0. The molecule has 0 saturated carbocycles. The topological polar surface area (TPSA) is 44.6 Å². The van der Waals surface area contributed by atoms with Crippen molar-refractivity contribution >= 4 is 28.1 Å². The highest BCUT2D eigenvalue weighted by molar-refractivity contribution is 8.40. The molecular weight excluding hydrogens is 240 g/mol. The zero-order chi connectivity index (χ0) is 11.8. The van der Waals surface area contributed by atoms with Crippen LogP contribution in [0.2, 0.25) is 0 Å². The van der Waals surface area contributed by atoms with Crippen LogP contribution in [0.1, 0.15) is 33.6 Å². The van der Waals surface area contributed by atoms with Crippen molar-refractivity contribution in [1.82, 2.24) is 4.72 Å². The van der Waals surface area contributed by atoms with E-state index in [9.17, 15) is 5.11 Å². The van der Waals surface area contributed by atoms with Gasteiger partial charge in [-0.1, -0.05) is 17.8 Å². The quantitative estimate of drug-likeness (QED) is 0.709. The van der Waals surface area contributed by atoms with Gasteiger partial charge in [0, 0.05) is 16.9 Å². The van der Waals surface area contributed by atoms with E-state index < -0.39 is 0 Å². The first kappa shape index (κ1) is 12.5. The van der Waals surface area contributed by atoms with Crippen molar-refractivity contribution in [1.29, 1.82) is 0 Å². The second-order valence-electron chi connectivity index (χ2n) is 5.20. The SMILES string of the molecule is CC(C)(C)NSC1=NC2CC(O)CC=C2S1. The third-order valence-corrected chi connectivity index (χ3v) is 4.77. The van der Waals surface area contributed by atoms with Crippen molar-refractivity contribution in [2.45, 2.75) is 51.3 Å². The highest BCUT2D eigenvalue weighted by Gasteiger charge is 2.30. The van der Waals surface area contributed by atoms with Crippen molar-refractivity contribution in [3.63, 3.8) is 0 Å². The van der Waals surface area contributed by atoms with Gasteiger partial charge in [-0.15, -0.1) is 0 Å². The molecule has 2 unspecified atom stereocenters. The number of fused-ring (bicyclic) bond motifs is 1. The molecule has 0 spiro atoms. The molecule has 0 radical (unpaired) electrons. The molecule has 5 heteroatoms. The van der Waals surface area contributed by atoms with Gasteiger partial charge in [-0.2, -0.15) is 0 Å². The maximum atomic E-state index is 9.56. The van der Waals surface area contributed by atoms with Gasteiger partial charge in [-0.25, -0.2) is 0 Å². The van der Waals surface area contributed by atoms with E-state index in [2.05, 4.69) is 36.6 Å². The highest BCUT2D eigenvalue weighted by Crippen LogP contribution is 2.40. The molecular formula is C11H18N2OS2. The first-order valence-corrected chi connectivity index (χ1v) is 7.15. The van der Waals surface area contributed by atoms with Gasteiger partial charge in [-0.3, -0.25) is 9.71 Å². The molecule has 2 rings (SSSR count). The minimum atomic E-state index is -0.210. The number of aliphatic hydroxyl groups is 1. The minimum Gasteiger partial charge on any atom is -0.393 e. The molecule has 16 heavy (non-hydrogen) atoms. The minimum absolute atomic E-state index is 0.0927. The Balaban J connectivity index is 1.93. The first-order valence-electron chi connectivity index (χ1n) is 5.52. The summed E-state index contributed by atoms with van der Waals surface area (Å²) >= 11 is 3.34. The lowest BCUT2D eigenvalue weighted by molar-refractivity contribution is 0.158. The lowest BCUT2D eigenvalue weighted by atomic mass is 10.0. The van der Waals surface area contributed by atoms with Crippen molar-refractivity contribution in [3.8, 4) is 0 Å². The van der Waals surface area contributed by atoms with E-state index >= 15 is 0 Å². The Morgan fingerprint density at radius 2 is 2.31 bits per heavy atom. The van der Waals surface area contributed by atoms with Crippen molar-refractivity contribution in [2.75, 3.05) is 0 Å². The largest absolute Gasteiger partial charge is 0.393 e. The predicted molar refractivity (Wildman–Crippen MR) is 72.6 cm³/mol. The summed E-state index contributed by atoms with van der Waals surface area (Å²) in [5, 5.41) is 9.56. The number of nitrogens with one attached hydrogen (secondary N) is 1. The summed E-state index contributed by atoms with van der Waals surface area (Å²) in [4.78, 5) is 5.92. The fourth-order valence-corrected chi connectivity index (χ4v) is 3.58. The number of thioether (sulfide) groups is 1.